The molecule has 17 heavy (non-hydrogen) atoms. The molecule has 0 atom stereocenters. The van der Waals surface area contributed by atoms with Crippen molar-refractivity contribution < 1.29 is 9.18 Å². The van der Waals surface area contributed by atoms with E-state index in [1.807, 2.05) is 0 Å². The van der Waals surface area contributed by atoms with Gasteiger partial charge in [0.25, 0.3) is 0 Å². The normalized spacial score (nSPS) is 14.9. The molecule has 1 saturated carbocycles. The molecule has 1 N–H and O–H groups in total. The van der Waals surface area contributed by atoms with E-state index in [0.717, 1.165) is 18.0 Å². The molecule has 0 heterocycles. The van der Waals surface area contributed by atoms with E-state index in [1.54, 1.807) is 12.1 Å². The second-order valence-corrected chi connectivity index (χ2v) is 5.39. The van der Waals surface area contributed by atoms with Crippen molar-refractivity contribution >= 4 is 21.7 Å². The molecule has 1 aliphatic carbocycles. The number of Topliss-reactive ketones (excluding diaryl/α,β-unsaturated/α-hetero) is 1. The largest absolute Gasteiger partial charge is 0.310 e. The van der Waals surface area contributed by atoms with Crippen LogP contribution in [-0.2, 0) is 11.2 Å². The Bertz CT molecular complexity index is 418. The summed E-state index contributed by atoms with van der Waals surface area (Å²) in [5.41, 5.74) is 0.844. The Kier molecular flexibility index (Phi) is 4.29. The summed E-state index contributed by atoms with van der Waals surface area (Å²) < 4.78 is 13.4. The van der Waals surface area contributed by atoms with Crippen molar-refractivity contribution in [3.63, 3.8) is 0 Å². The number of hydrogen-bond donors (Lipinski definition) is 1. The fraction of sp³-hybridized carbons (Fsp3) is 0.462. The van der Waals surface area contributed by atoms with Gasteiger partial charge in [0.15, 0.2) is 5.78 Å². The lowest BCUT2D eigenvalue weighted by molar-refractivity contribution is -0.117. The van der Waals surface area contributed by atoms with Crippen LogP contribution < -0.4 is 5.32 Å². The van der Waals surface area contributed by atoms with E-state index in [0.29, 0.717) is 17.4 Å². The van der Waals surface area contributed by atoms with Crippen LogP contribution >= 0.6 is 15.9 Å². The highest BCUT2D eigenvalue weighted by Gasteiger charge is 2.20. The molecular weight excluding hydrogens is 285 g/mol. The third-order valence-electron chi connectivity index (χ3n) is 2.84. The highest BCUT2D eigenvalue weighted by atomic mass is 79.9. The summed E-state index contributed by atoms with van der Waals surface area (Å²) in [7, 11) is 0. The van der Waals surface area contributed by atoms with Crippen molar-refractivity contribution in [2.75, 3.05) is 13.1 Å². The predicted molar refractivity (Wildman–Crippen MR) is 68.4 cm³/mol. The van der Waals surface area contributed by atoms with Crippen LogP contribution in [0.5, 0.6) is 0 Å². The molecule has 0 spiro atoms. The molecule has 1 aromatic carbocycles. The Morgan fingerprint density at radius 1 is 1.47 bits per heavy atom. The highest BCUT2D eigenvalue weighted by Crippen LogP contribution is 2.27. The van der Waals surface area contributed by atoms with Crippen molar-refractivity contribution in [3.8, 4) is 0 Å². The third-order valence-corrected chi connectivity index (χ3v) is 3.45. The van der Waals surface area contributed by atoms with E-state index in [-0.39, 0.29) is 11.6 Å². The smallest absolute Gasteiger partial charge is 0.150 e. The molecule has 0 unspecified atom stereocenters. The van der Waals surface area contributed by atoms with Crippen LogP contribution in [0.15, 0.2) is 22.7 Å². The third kappa shape index (κ3) is 4.21. The van der Waals surface area contributed by atoms with E-state index in [2.05, 4.69) is 21.2 Å². The molecule has 4 heteroatoms. The monoisotopic (exact) mass is 299 g/mol. The minimum Gasteiger partial charge on any atom is -0.310 e. The van der Waals surface area contributed by atoms with Gasteiger partial charge < -0.3 is 5.32 Å². The zero-order valence-electron chi connectivity index (χ0n) is 9.51. The van der Waals surface area contributed by atoms with Gasteiger partial charge in [-0.3, -0.25) is 4.79 Å². The van der Waals surface area contributed by atoms with Gasteiger partial charge in [-0.1, -0.05) is 6.07 Å². The molecule has 2 nitrogen and oxygen atoms in total. The minimum absolute atomic E-state index is 0.143. The van der Waals surface area contributed by atoms with Crippen molar-refractivity contribution in [1.29, 1.82) is 0 Å². The molecule has 1 aliphatic rings. The summed E-state index contributed by atoms with van der Waals surface area (Å²) in [4.78, 5) is 11.6. The van der Waals surface area contributed by atoms with E-state index in [9.17, 15) is 9.18 Å². The van der Waals surface area contributed by atoms with Crippen LogP contribution in [-0.4, -0.2) is 18.9 Å². The minimum atomic E-state index is -0.298. The lowest BCUT2D eigenvalue weighted by atomic mass is 10.1. The Balaban J connectivity index is 1.77. The van der Waals surface area contributed by atoms with Gasteiger partial charge in [-0.25, -0.2) is 4.39 Å². The Morgan fingerprint density at radius 2 is 2.24 bits per heavy atom. The van der Waals surface area contributed by atoms with Gasteiger partial charge in [-0.05, 0) is 58.9 Å². The summed E-state index contributed by atoms with van der Waals surface area (Å²) in [6, 6.07) is 4.69. The number of carbonyl (C=O) groups excluding carboxylic acids is 1. The number of ketones is 1. The molecule has 1 fully saturated rings. The van der Waals surface area contributed by atoms with Crippen LogP contribution in [0, 0.1) is 11.7 Å². The molecule has 0 saturated heterocycles. The van der Waals surface area contributed by atoms with Crippen LogP contribution in [0.2, 0.25) is 0 Å². The molecule has 0 amide bonds. The van der Waals surface area contributed by atoms with Crippen LogP contribution in [0.3, 0.4) is 0 Å². The lowest BCUT2D eigenvalue weighted by Crippen LogP contribution is -2.26. The number of rotatable bonds is 6. The van der Waals surface area contributed by atoms with Gasteiger partial charge in [0.05, 0.1) is 11.0 Å². The first-order valence-electron chi connectivity index (χ1n) is 5.81. The van der Waals surface area contributed by atoms with E-state index in [1.165, 1.54) is 18.9 Å². The molecule has 2 rings (SSSR count). The Hall–Kier alpha value is -0.740. The maximum atomic E-state index is 13.0. The predicted octanol–water partition coefficient (Wildman–Crippen LogP) is 2.70. The molecule has 0 bridgehead atoms. The van der Waals surface area contributed by atoms with Gasteiger partial charge in [-0.15, -0.1) is 0 Å². The number of carbonyl (C=O) groups is 1. The van der Waals surface area contributed by atoms with Crippen molar-refractivity contribution in [2.24, 2.45) is 5.92 Å². The lowest BCUT2D eigenvalue weighted by Gasteiger charge is -2.04. The average Bonchev–Trinajstić information content (AvgIpc) is 3.07. The summed E-state index contributed by atoms with van der Waals surface area (Å²) in [5, 5.41) is 3.16. The fourth-order valence-corrected chi connectivity index (χ4v) is 2.10. The maximum absolute atomic E-state index is 13.0. The van der Waals surface area contributed by atoms with Gasteiger partial charge in [0.1, 0.15) is 5.82 Å². The SMILES string of the molecule is O=C(CNCC1CC1)Cc1ccc(F)c(Br)c1. The second kappa shape index (κ2) is 5.74. The first-order chi connectivity index (χ1) is 8.15. The highest BCUT2D eigenvalue weighted by molar-refractivity contribution is 9.10. The Morgan fingerprint density at radius 3 is 2.88 bits per heavy atom. The zero-order chi connectivity index (χ0) is 12.3. The summed E-state index contributed by atoms with van der Waals surface area (Å²) >= 11 is 3.11. The van der Waals surface area contributed by atoms with Crippen LogP contribution in [0.25, 0.3) is 0 Å². The standard InChI is InChI=1S/C13H15BrFNO/c14-12-6-10(3-4-13(12)15)5-11(17)8-16-7-9-1-2-9/h3-4,6,9,16H,1-2,5,7-8H2. The maximum Gasteiger partial charge on any atom is 0.150 e. The Labute approximate surface area is 109 Å². The number of halogens is 2. The van der Waals surface area contributed by atoms with E-state index in [4.69, 9.17) is 0 Å². The molecule has 1 aromatic rings. The molecular formula is C13H15BrFNO. The summed E-state index contributed by atoms with van der Waals surface area (Å²) in [5.74, 6) is 0.625. The van der Waals surface area contributed by atoms with Gasteiger partial charge in [0, 0.05) is 6.42 Å². The van der Waals surface area contributed by atoms with Crippen LogP contribution in [0.1, 0.15) is 18.4 Å². The molecule has 0 aromatic heterocycles. The van der Waals surface area contributed by atoms with Crippen molar-refractivity contribution in [1.82, 2.24) is 5.32 Å². The van der Waals surface area contributed by atoms with Gasteiger partial charge in [0.2, 0.25) is 0 Å². The first-order valence-corrected chi connectivity index (χ1v) is 6.61. The van der Waals surface area contributed by atoms with E-state index >= 15 is 0 Å². The quantitative estimate of drug-likeness (QED) is 0.875. The number of benzene rings is 1. The van der Waals surface area contributed by atoms with E-state index < -0.39 is 0 Å². The fourth-order valence-electron chi connectivity index (χ4n) is 1.68. The van der Waals surface area contributed by atoms with Crippen LogP contribution in [0.4, 0.5) is 4.39 Å². The number of nitrogens with one attached hydrogen (secondary N) is 1. The summed E-state index contributed by atoms with van der Waals surface area (Å²) in [6.45, 7) is 1.35. The molecule has 92 valence electrons. The van der Waals surface area contributed by atoms with Gasteiger partial charge >= 0.3 is 0 Å². The second-order valence-electron chi connectivity index (χ2n) is 4.54. The molecule has 0 aliphatic heterocycles. The average molecular weight is 300 g/mol. The topological polar surface area (TPSA) is 29.1 Å². The van der Waals surface area contributed by atoms with Crippen molar-refractivity contribution in [2.45, 2.75) is 19.3 Å². The zero-order valence-corrected chi connectivity index (χ0v) is 11.1. The summed E-state index contributed by atoms with van der Waals surface area (Å²) in [6.07, 6.45) is 2.93. The first kappa shape index (κ1) is 12.7. The van der Waals surface area contributed by atoms with Gasteiger partial charge in [-0.2, -0.15) is 0 Å². The number of hydrogen-bond acceptors (Lipinski definition) is 2. The molecule has 0 radical (unpaired) electrons. The van der Waals surface area contributed by atoms with Crippen molar-refractivity contribution in [3.05, 3.63) is 34.1 Å².